The molecule has 1 aliphatic carbocycles. The molecule has 218 valence electrons. The maximum atomic E-state index is 13.5. The molecule has 0 radical (unpaired) electrons. The van der Waals surface area contributed by atoms with Gasteiger partial charge in [-0.05, 0) is 44.0 Å². The van der Waals surface area contributed by atoms with Crippen molar-refractivity contribution in [2.24, 2.45) is 7.05 Å². The highest BCUT2D eigenvalue weighted by Gasteiger charge is 2.47. The van der Waals surface area contributed by atoms with E-state index >= 15 is 0 Å². The minimum absolute atomic E-state index is 0.107. The maximum absolute atomic E-state index is 13.5. The Balaban J connectivity index is 1.45. The molecule has 2 aliphatic heterocycles. The molecule has 0 bridgehead atoms. The maximum Gasteiger partial charge on any atom is 0.291 e. The number of nitriles is 1. The molecule has 1 saturated carbocycles. The van der Waals surface area contributed by atoms with E-state index in [1.54, 1.807) is 13.1 Å². The number of sulfonamides is 2. The lowest BCUT2D eigenvalue weighted by molar-refractivity contribution is 0.150. The van der Waals surface area contributed by atoms with E-state index in [-0.39, 0.29) is 28.7 Å². The van der Waals surface area contributed by atoms with Gasteiger partial charge >= 0.3 is 0 Å². The Morgan fingerprint density at radius 2 is 1.90 bits per heavy atom. The molecule has 1 aromatic carbocycles. The van der Waals surface area contributed by atoms with E-state index in [0.29, 0.717) is 60.2 Å². The fraction of sp³-hybridized carbons (Fsp3) is 0.500. The molecule has 3 aliphatic rings. The molecule has 41 heavy (non-hydrogen) atoms. The van der Waals surface area contributed by atoms with Crippen LogP contribution >= 0.6 is 11.3 Å². The number of benzene rings is 1. The first kappa shape index (κ1) is 28.2. The first-order chi connectivity index (χ1) is 19.3. The Hall–Kier alpha value is -2.88. The number of fused-ring (bicyclic) bond motifs is 1. The summed E-state index contributed by atoms with van der Waals surface area (Å²) in [7, 11) is -4.13. The van der Waals surface area contributed by atoms with Crippen molar-refractivity contribution in [3.05, 3.63) is 28.8 Å². The van der Waals surface area contributed by atoms with Gasteiger partial charge in [0.1, 0.15) is 16.5 Å². The molecule has 17 heteroatoms. The lowest BCUT2D eigenvalue weighted by atomic mass is 9.97. The lowest BCUT2D eigenvalue weighted by Crippen LogP contribution is -2.57. The second-order valence-electron chi connectivity index (χ2n) is 10.6. The van der Waals surface area contributed by atoms with Crippen LogP contribution in [0.2, 0.25) is 0 Å². The predicted molar refractivity (Wildman–Crippen MR) is 147 cm³/mol. The van der Waals surface area contributed by atoms with Gasteiger partial charge in [0.05, 0.1) is 16.5 Å². The van der Waals surface area contributed by atoms with Gasteiger partial charge in [0, 0.05) is 44.2 Å². The van der Waals surface area contributed by atoms with E-state index in [0.717, 1.165) is 5.57 Å². The molecule has 0 atom stereocenters. The van der Waals surface area contributed by atoms with Crippen molar-refractivity contribution in [2.45, 2.75) is 41.4 Å². The van der Waals surface area contributed by atoms with E-state index < -0.39 is 42.3 Å². The van der Waals surface area contributed by atoms with E-state index in [1.165, 1.54) is 21.1 Å². The Kier molecular flexibility index (Phi) is 6.79. The van der Waals surface area contributed by atoms with Gasteiger partial charge < -0.3 is 4.90 Å². The second-order valence-corrected chi connectivity index (χ2v) is 15.5. The number of aromatic nitrogens is 4. The SMILES string of the molecule is CN1CC(S(=O)(=O)N2CC=C(c3cc(S(=O)(=O)NC4(C#N)CC4)cc4c(-c5nnc(C(F)F)s5)nn(C)c34)CC2)C1. The van der Waals surface area contributed by atoms with Crippen LogP contribution in [0.4, 0.5) is 8.78 Å². The summed E-state index contributed by atoms with van der Waals surface area (Å²) in [4.78, 5) is 1.81. The van der Waals surface area contributed by atoms with E-state index in [2.05, 4.69) is 20.0 Å². The van der Waals surface area contributed by atoms with Gasteiger partial charge in [-0.2, -0.15) is 19.4 Å². The number of alkyl halides is 2. The number of halogens is 2. The normalized spacial score (nSPS) is 20.2. The molecule has 3 aromatic rings. The van der Waals surface area contributed by atoms with Crippen molar-refractivity contribution >= 4 is 47.9 Å². The van der Waals surface area contributed by atoms with Crippen LogP contribution in [0.15, 0.2) is 23.1 Å². The summed E-state index contributed by atoms with van der Waals surface area (Å²) in [5.41, 5.74) is 0.820. The van der Waals surface area contributed by atoms with Crippen LogP contribution in [0, 0.1) is 11.3 Å². The van der Waals surface area contributed by atoms with Crippen molar-refractivity contribution in [2.75, 3.05) is 33.2 Å². The lowest BCUT2D eigenvalue weighted by Gasteiger charge is -2.39. The zero-order valence-corrected chi connectivity index (χ0v) is 24.5. The molecular weight excluding hydrogens is 599 g/mol. The topological polar surface area (TPSA) is 154 Å². The molecular formula is C24H26F2N8O4S3. The Morgan fingerprint density at radius 3 is 2.46 bits per heavy atom. The van der Waals surface area contributed by atoms with Gasteiger partial charge in [-0.25, -0.2) is 25.6 Å². The van der Waals surface area contributed by atoms with Gasteiger partial charge in [0.2, 0.25) is 20.0 Å². The van der Waals surface area contributed by atoms with Crippen LogP contribution in [-0.2, 0) is 27.1 Å². The van der Waals surface area contributed by atoms with Gasteiger partial charge in [-0.1, -0.05) is 17.4 Å². The molecule has 0 spiro atoms. The smallest absolute Gasteiger partial charge is 0.291 e. The third kappa shape index (κ3) is 4.96. The van der Waals surface area contributed by atoms with Gasteiger partial charge in [-0.3, -0.25) is 4.68 Å². The monoisotopic (exact) mass is 624 g/mol. The third-order valence-corrected chi connectivity index (χ3v) is 12.3. The molecule has 2 aromatic heterocycles. The van der Waals surface area contributed by atoms with Crippen molar-refractivity contribution < 1.29 is 25.6 Å². The molecule has 1 saturated heterocycles. The summed E-state index contributed by atoms with van der Waals surface area (Å²) in [6, 6.07) is 4.90. The standard InChI is InChI=1S/C24H26F2N8O4S3/c1-32-11-16(12-32)41(37,38)34-7-3-14(4-8-34)17-9-15(40(35,36)31-24(13-27)5-6-24)10-18-19(30-33(2)20(17)18)22-28-29-23(39-22)21(25)26/h3,9-10,16,21,31H,4-8,11-12H2,1-2H3. The number of hydrogen-bond acceptors (Lipinski definition) is 10. The molecule has 1 N–H and O–H groups in total. The molecule has 4 heterocycles. The first-order valence-electron chi connectivity index (χ1n) is 12.8. The summed E-state index contributed by atoms with van der Waals surface area (Å²) in [5.74, 6) is 0. The van der Waals surface area contributed by atoms with Gasteiger partial charge in [0.25, 0.3) is 6.43 Å². The number of likely N-dealkylation sites (tertiary alicyclic amines) is 1. The van der Waals surface area contributed by atoms with Crippen LogP contribution in [0.5, 0.6) is 0 Å². The summed E-state index contributed by atoms with van der Waals surface area (Å²) in [6.45, 7) is 1.31. The summed E-state index contributed by atoms with van der Waals surface area (Å²) in [5, 5.41) is 20.9. The minimum Gasteiger partial charge on any atom is -0.304 e. The average Bonchev–Trinajstić information content (AvgIpc) is 3.35. The Bertz CT molecular complexity index is 1840. The molecule has 2 fully saturated rings. The Labute approximate surface area is 239 Å². The molecule has 0 amide bonds. The average molecular weight is 625 g/mol. The molecule has 12 nitrogen and oxygen atoms in total. The quantitative estimate of drug-likeness (QED) is 0.397. The summed E-state index contributed by atoms with van der Waals surface area (Å²) < 4.78 is 85.1. The zero-order chi connectivity index (χ0) is 29.3. The number of rotatable bonds is 8. The predicted octanol–water partition coefficient (Wildman–Crippen LogP) is 2.10. The van der Waals surface area contributed by atoms with Crippen LogP contribution in [0.3, 0.4) is 0 Å². The second kappa shape index (κ2) is 9.85. The molecule has 0 unspecified atom stereocenters. The zero-order valence-electron chi connectivity index (χ0n) is 22.1. The van der Waals surface area contributed by atoms with Crippen LogP contribution < -0.4 is 4.72 Å². The summed E-state index contributed by atoms with van der Waals surface area (Å²) >= 11 is 0.667. The highest BCUT2D eigenvalue weighted by atomic mass is 32.2. The summed E-state index contributed by atoms with van der Waals surface area (Å²) in [6.07, 6.45) is 0.0590. The Morgan fingerprint density at radius 1 is 1.17 bits per heavy atom. The fourth-order valence-corrected chi connectivity index (χ4v) is 9.27. The van der Waals surface area contributed by atoms with Crippen molar-refractivity contribution in [3.8, 4) is 16.8 Å². The molecule has 6 rings (SSSR count). The van der Waals surface area contributed by atoms with Gasteiger partial charge in [0.15, 0.2) is 10.0 Å². The number of hydrogen-bond donors (Lipinski definition) is 1. The van der Waals surface area contributed by atoms with E-state index in [4.69, 9.17) is 0 Å². The highest BCUT2D eigenvalue weighted by Crippen LogP contribution is 2.40. The highest BCUT2D eigenvalue weighted by molar-refractivity contribution is 7.90. The first-order valence-corrected chi connectivity index (χ1v) is 16.6. The number of nitrogens with one attached hydrogen (secondary N) is 1. The van der Waals surface area contributed by atoms with E-state index in [1.807, 2.05) is 18.0 Å². The van der Waals surface area contributed by atoms with Crippen LogP contribution in [-0.4, -0.2) is 90.0 Å². The van der Waals surface area contributed by atoms with Gasteiger partial charge in [-0.15, -0.1) is 10.2 Å². The van der Waals surface area contributed by atoms with Crippen molar-refractivity contribution in [3.63, 3.8) is 0 Å². The largest absolute Gasteiger partial charge is 0.304 e. The minimum atomic E-state index is -4.16. The fourth-order valence-electron chi connectivity index (χ4n) is 5.21. The van der Waals surface area contributed by atoms with Crippen LogP contribution in [0.1, 0.15) is 36.3 Å². The van der Waals surface area contributed by atoms with Crippen molar-refractivity contribution in [1.29, 1.82) is 5.26 Å². The van der Waals surface area contributed by atoms with Crippen molar-refractivity contribution in [1.82, 2.24) is 33.9 Å². The number of nitrogens with zero attached hydrogens (tertiary/aromatic N) is 7. The third-order valence-electron chi connectivity index (χ3n) is 7.68. The number of aryl methyl sites for hydroxylation is 1. The van der Waals surface area contributed by atoms with E-state index in [9.17, 15) is 30.9 Å². The van der Waals surface area contributed by atoms with Crippen LogP contribution in [0.25, 0.3) is 27.2 Å².